The summed E-state index contributed by atoms with van der Waals surface area (Å²) < 4.78 is 146. The summed E-state index contributed by atoms with van der Waals surface area (Å²) in [5, 5.41) is -4.52. The summed E-state index contributed by atoms with van der Waals surface area (Å²) in [6.07, 6.45) is -6.94. The van der Waals surface area contributed by atoms with Crippen molar-refractivity contribution in [1.29, 1.82) is 0 Å². The Hall–Kier alpha value is -2.40. The van der Waals surface area contributed by atoms with Crippen LogP contribution in [0, 0.1) is 0 Å². The fraction of sp³-hybridized carbons (Fsp3) is 0.500. The molecule has 39 heavy (non-hydrogen) atoms. The van der Waals surface area contributed by atoms with E-state index in [9.17, 15) is 57.3 Å². The molecule has 0 radical (unpaired) electrons. The average molecular weight is 617 g/mol. The monoisotopic (exact) mass is 616 g/mol. The molecule has 3 rings (SSSR count). The highest BCUT2D eigenvalue weighted by atomic mass is 32.2. The lowest BCUT2D eigenvalue weighted by Crippen LogP contribution is -2.63. The molecule has 0 N–H and O–H groups in total. The van der Waals surface area contributed by atoms with Crippen LogP contribution in [0.25, 0.3) is 10.8 Å². The molecule has 2 aromatic rings. The Labute approximate surface area is 219 Å². The lowest BCUT2D eigenvalue weighted by molar-refractivity contribution is -0.382. The van der Waals surface area contributed by atoms with E-state index in [-0.39, 0.29) is 23.1 Å². The Morgan fingerprint density at radius 3 is 2.05 bits per heavy atom. The molecule has 2 aromatic carbocycles. The number of carbonyl (C=O) groups excluding carboxylic acids is 1. The second kappa shape index (κ2) is 11.6. The van der Waals surface area contributed by atoms with E-state index in [0.29, 0.717) is 0 Å². The maximum Gasteiger partial charge on any atom is 0.508 e. The van der Waals surface area contributed by atoms with E-state index >= 15 is 0 Å². The molecule has 1 aliphatic heterocycles. The van der Waals surface area contributed by atoms with Gasteiger partial charge in [0.2, 0.25) is 0 Å². The molecule has 1 fully saturated rings. The minimum atomic E-state index is -7.43. The predicted molar refractivity (Wildman–Crippen MR) is 121 cm³/mol. The quantitative estimate of drug-likeness (QED) is 0.168. The van der Waals surface area contributed by atoms with Crippen LogP contribution in [-0.2, 0) is 30.5 Å². The van der Waals surface area contributed by atoms with Gasteiger partial charge in [-0.15, -0.1) is 0 Å². The molecule has 1 aliphatic rings. The second-order valence-electron chi connectivity index (χ2n) is 8.40. The highest BCUT2D eigenvalue weighted by Gasteiger charge is 2.83. The highest BCUT2D eigenvalue weighted by Crippen LogP contribution is 2.54. The van der Waals surface area contributed by atoms with Crippen molar-refractivity contribution in [2.45, 2.75) is 60.6 Å². The van der Waals surface area contributed by atoms with Gasteiger partial charge in [-0.2, -0.15) is 39.5 Å². The number of halogens is 9. The van der Waals surface area contributed by atoms with E-state index in [1.807, 2.05) is 13.8 Å². The molecule has 0 spiro atoms. The lowest BCUT2D eigenvalue weighted by atomic mass is 10.1. The molecule has 2 unspecified atom stereocenters. The first kappa shape index (κ1) is 32.8. The molecule has 6 nitrogen and oxygen atoms in total. The molecule has 1 heterocycles. The van der Waals surface area contributed by atoms with Gasteiger partial charge in [0.05, 0.1) is 6.10 Å². The first-order valence-corrected chi connectivity index (χ1v) is 13.8. The zero-order valence-electron chi connectivity index (χ0n) is 20.0. The summed E-state index contributed by atoms with van der Waals surface area (Å²) in [5.74, 6) is -12.8. The molecule has 0 saturated carbocycles. The summed E-state index contributed by atoms with van der Waals surface area (Å²) in [6, 6.07) is 14.9. The van der Waals surface area contributed by atoms with Gasteiger partial charge in [-0.1, -0.05) is 30.3 Å². The first-order chi connectivity index (χ1) is 17.6. The van der Waals surface area contributed by atoms with Crippen molar-refractivity contribution < 1.29 is 66.8 Å². The van der Waals surface area contributed by atoms with E-state index in [2.05, 4.69) is 42.5 Å². The number of hydrogen-bond donors (Lipinski definition) is 0. The third kappa shape index (κ3) is 7.03. The van der Waals surface area contributed by atoms with Crippen molar-refractivity contribution in [2.24, 2.45) is 0 Å². The van der Waals surface area contributed by atoms with Crippen LogP contribution in [0.3, 0.4) is 0 Å². The van der Waals surface area contributed by atoms with E-state index in [1.165, 1.54) is 15.7 Å². The number of benzene rings is 2. The molecule has 2 atom stereocenters. The van der Waals surface area contributed by atoms with Gasteiger partial charge in [0.25, 0.3) is 0 Å². The summed E-state index contributed by atoms with van der Waals surface area (Å²) in [4.78, 5) is 13.0. The number of hydrogen-bond acceptors (Lipinski definition) is 6. The minimum Gasteiger partial charge on any atom is -0.743 e. The minimum absolute atomic E-state index is 0.0199. The maximum absolute atomic E-state index is 12.2. The predicted octanol–water partition coefficient (Wildman–Crippen LogP) is 6.11. The van der Waals surface area contributed by atoms with Gasteiger partial charge in [0.15, 0.2) is 26.9 Å². The zero-order valence-corrected chi connectivity index (χ0v) is 21.6. The van der Waals surface area contributed by atoms with E-state index in [0.717, 1.165) is 17.9 Å². The van der Waals surface area contributed by atoms with Gasteiger partial charge >= 0.3 is 29.4 Å². The largest absolute Gasteiger partial charge is 0.743 e. The molecule has 0 aromatic heterocycles. The van der Waals surface area contributed by atoms with Gasteiger partial charge in [0.1, 0.15) is 5.75 Å². The maximum atomic E-state index is 12.2. The van der Waals surface area contributed by atoms with Crippen molar-refractivity contribution in [3.63, 3.8) is 0 Å². The summed E-state index contributed by atoms with van der Waals surface area (Å²) in [6.45, 7) is 3.66. The molecule has 0 bridgehead atoms. The summed E-state index contributed by atoms with van der Waals surface area (Å²) in [7, 11) is -7.27. The van der Waals surface area contributed by atoms with Crippen LogP contribution in [0.1, 0.15) is 20.3 Å². The van der Waals surface area contributed by atoms with Crippen molar-refractivity contribution in [3.05, 3.63) is 42.5 Å². The number of carbonyl (C=O) groups is 1. The molecular formula is C22H21F9O6S2. The molecule has 1 saturated heterocycles. The zero-order chi connectivity index (χ0) is 30.0. The van der Waals surface area contributed by atoms with Gasteiger partial charge < -0.3 is 14.0 Å². The van der Waals surface area contributed by atoms with Gasteiger partial charge in [-0.05, 0) is 31.4 Å². The third-order valence-corrected chi connectivity index (χ3v) is 8.52. The number of rotatable bonds is 6. The summed E-state index contributed by atoms with van der Waals surface area (Å²) in [5.41, 5.74) is 0. The van der Waals surface area contributed by atoms with Gasteiger partial charge in [-0.25, -0.2) is 13.2 Å². The molecule has 0 amide bonds. The number of fused-ring (bicyclic) bond motifs is 1. The normalized spacial score (nSPS) is 19.0. The van der Waals surface area contributed by atoms with Crippen molar-refractivity contribution in [1.82, 2.24) is 0 Å². The van der Waals surface area contributed by atoms with Crippen LogP contribution in [0.2, 0.25) is 0 Å². The number of ether oxygens (including phenoxy) is 2. The molecule has 220 valence electrons. The van der Waals surface area contributed by atoms with Crippen molar-refractivity contribution in [3.8, 4) is 0 Å². The van der Waals surface area contributed by atoms with E-state index < -0.39 is 39.5 Å². The van der Waals surface area contributed by atoms with Crippen molar-refractivity contribution in [2.75, 3.05) is 11.5 Å². The topological polar surface area (TPSA) is 92.7 Å². The Bertz CT molecular complexity index is 1260. The summed E-state index contributed by atoms with van der Waals surface area (Å²) >= 11 is 0. The molecular weight excluding hydrogens is 595 g/mol. The van der Waals surface area contributed by atoms with Crippen LogP contribution in [0.5, 0.6) is 0 Å². The molecule has 17 heteroatoms. The Kier molecular flexibility index (Phi) is 9.76. The lowest BCUT2D eigenvalue weighted by Gasteiger charge is -2.34. The Balaban J connectivity index is 0.000000285. The number of alkyl halides is 9. The van der Waals surface area contributed by atoms with Crippen LogP contribution >= 0.6 is 0 Å². The van der Waals surface area contributed by atoms with Crippen molar-refractivity contribution >= 4 is 37.9 Å². The SMILES string of the molecule is CC(C)OC(=O)OC1CC[S+](c2cccc3ccccc23)C1.O=S(=O)([O-])C(F)(F)C(F)(F)C(F)(F)C(F)(F)F. The van der Waals surface area contributed by atoms with Crippen LogP contribution in [-0.4, -0.2) is 66.1 Å². The Morgan fingerprint density at radius 1 is 0.949 bits per heavy atom. The van der Waals surface area contributed by atoms with Crippen LogP contribution in [0.15, 0.2) is 47.4 Å². The van der Waals surface area contributed by atoms with Gasteiger partial charge in [-0.3, -0.25) is 0 Å². The third-order valence-electron chi connectivity index (χ3n) is 5.16. The van der Waals surface area contributed by atoms with Gasteiger partial charge in [0, 0.05) is 22.7 Å². The standard InChI is InChI=1S/C18H21O3S.C4HF9O3S/c1-13(2)20-18(19)21-15-10-11-22(12-15)17-9-5-7-14-6-3-4-8-16(14)17;5-1(6,3(9,10)11)2(7,8)4(12,13)17(14,15)16/h3-9,13,15H,10-12H2,1-2H3;(H,14,15,16)/q+1;/p-1. The average Bonchev–Trinajstić information content (AvgIpc) is 3.24. The fourth-order valence-corrected chi connectivity index (χ4v) is 6.29. The Morgan fingerprint density at radius 2 is 1.51 bits per heavy atom. The highest BCUT2D eigenvalue weighted by molar-refractivity contribution is 7.97. The fourth-order valence-electron chi connectivity index (χ4n) is 3.28. The van der Waals surface area contributed by atoms with E-state index in [4.69, 9.17) is 9.47 Å². The molecule has 0 aliphatic carbocycles. The second-order valence-corrected chi connectivity index (χ2v) is 12.0. The van der Waals surface area contributed by atoms with E-state index in [1.54, 1.807) is 0 Å². The van der Waals surface area contributed by atoms with Crippen LogP contribution in [0.4, 0.5) is 44.3 Å². The van der Waals surface area contributed by atoms with Crippen LogP contribution < -0.4 is 0 Å². The first-order valence-electron chi connectivity index (χ1n) is 10.8. The smallest absolute Gasteiger partial charge is 0.508 e.